The summed E-state index contributed by atoms with van der Waals surface area (Å²) in [5.41, 5.74) is 2.13. The number of fused-ring (bicyclic) bond motifs is 1. The first-order valence-electron chi connectivity index (χ1n) is 11.6. The predicted octanol–water partition coefficient (Wildman–Crippen LogP) is 2.51. The van der Waals surface area contributed by atoms with Crippen molar-refractivity contribution >= 4 is 17.8 Å². The largest absolute Gasteiger partial charge is 0.466 e. The lowest BCUT2D eigenvalue weighted by molar-refractivity contribution is -0.151. The van der Waals surface area contributed by atoms with Crippen molar-refractivity contribution in [1.82, 2.24) is 19.6 Å². The average Bonchev–Trinajstić information content (AvgIpc) is 3.44. The lowest BCUT2D eigenvalue weighted by atomic mass is 9.98. The van der Waals surface area contributed by atoms with E-state index in [-0.39, 0.29) is 36.6 Å². The zero-order chi connectivity index (χ0) is 24.4. The number of piperidine rings is 1. The third-order valence-electron chi connectivity index (χ3n) is 6.39. The number of benzene rings is 1. The number of carbonyl (C=O) groups is 3. The van der Waals surface area contributed by atoms with Crippen molar-refractivity contribution < 1.29 is 27.9 Å². The molecule has 8 nitrogen and oxygen atoms in total. The fourth-order valence-electron chi connectivity index (χ4n) is 4.65. The van der Waals surface area contributed by atoms with E-state index in [1.807, 2.05) is 0 Å². The van der Waals surface area contributed by atoms with E-state index in [1.54, 1.807) is 11.8 Å². The highest BCUT2D eigenvalue weighted by Gasteiger charge is 2.32. The summed E-state index contributed by atoms with van der Waals surface area (Å²) in [6.45, 7) is 2.69. The van der Waals surface area contributed by atoms with Crippen molar-refractivity contribution in [2.24, 2.45) is 5.92 Å². The third kappa shape index (κ3) is 4.67. The minimum atomic E-state index is -0.988. The number of amides is 2. The van der Waals surface area contributed by atoms with Gasteiger partial charge < -0.3 is 14.5 Å². The van der Waals surface area contributed by atoms with Gasteiger partial charge in [0.25, 0.3) is 5.91 Å². The number of aromatic nitrogens is 2. The Morgan fingerprint density at radius 3 is 2.71 bits per heavy atom. The summed E-state index contributed by atoms with van der Waals surface area (Å²) >= 11 is 0. The van der Waals surface area contributed by atoms with E-state index in [0.717, 1.165) is 29.8 Å². The van der Waals surface area contributed by atoms with Gasteiger partial charge in [-0.25, -0.2) is 13.5 Å². The first-order valence-corrected chi connectivity index (χ1v) is 11.6. The zero-order valence-electron chi connectivity index (χ0n) is 19.4. The third-order valence-corrected chi connectivity index (χ3v) is 6.39. The quantitative estimate of drug-likeness (QED) is 0.601. The van der Waals surface area contributed by atoms with Crippen LogP contribution in [0.2, 0.25) is 0 Å². The van der Waals surface area contributed by atoms with Gasteiger partial charge in [-0.2, -0.15) is 5.10 Å². The van der Waals surface area contributed by atoms with Gasteiger partial charge >= 0.3 is 5.97 Å². The number of carbonyl (C=O) groups excluding carboxylic acids is 3. The predicted molar refractivity (Wildman–Crippen MR) is 118 cm³/mol. The van der Waals surface area contributed by atoms with E-state index in [9.17, 15) is 23.2 Å². The van der Waals surface area contributed by atoms with Crippen LogP contribution < -0.4 is 0 Å². The van der Waals surface area contributed by atoms with Crippen LogP contribution in [0.5, 0.6) is 0 Å². The maximum absolute atomic E-state index is 13.8. The van der Waals surface area contributed by atoms with E-state index < -0.39 is 17.5 Å². The maximum Gasteiger partial charge on any atom is 0.310 e. The topological polar surface area (TPSA) is 84.7 Å². The van der Waals surface area contributed by atoms with Crippen LogP contribution in [0.25, 0.3) is 5.69 Å². The van der Waals surface area contributed by atoms with Gasteiger partial charge in [0.05, 0.1) is 24.8 Å². The molecule has 2 amide bonds. The summed E-state index contributed by atoms with van der Waals surface area (Å²) in [5.74, 6) is -3.26. The molecular formula is C24H28F2N4O4. The lowest BCUT2D eigenvalue weighted by Gasteiger charge is -2.32. The van der Waals surface area contributed by atoms with E-state index in [0.29, 0.717) is 44.5 Å². The Morgan fingerprint density at radius 1 is 1.18 bits per heavy atom. The normalized spacial score (nSPS) is 17.4. The summed E-state index contributed by atoms with van der Waals surface area (Å²) in [6.07, 6.45) is 3.50. The molecule has 2 aromatic rings. The van der Waals surface area contributed by atoms with Gasteiger partial charge in [0.1, 0.15) is 0 Å². The Hall–Kier alpha value is -3.30. The van der Waals surface area contributed by atoms with Crippen molar-refractivity contribution in [3.05, 3.63) is 46.8 Å². The Kier molecular flexibility index (Phi) is 6.95. The van der Waals surface area contributed by atoms with Crippen LogP contribution in [-0.4, -0.2) is 70.7 Å². The van der Waals surface area contributed by atoms with E-state index in [4.69, 9.17) is 4.74 Å². The van der Waals surface area contributed by atoms with Crippen molar-refractivity contribution in [3.63, 3.8) is 0 Å². The molecule has 1 unspecified atom stereocenters. The summed E-state index contributed by atoms with van der Waals surface area (Å²) < 4.78 is 33.7. The molecule has 1 saturated heterocycles. The standard InChI is InChI=1S/C24H28F2N4O4/c1-3-34-24(33)15-6-5-11-29(13-15)21(31)14-28(2)23(32)22-17-7-4-8-20(17)30(27-22)16-9-10-18(25)19(26)12-16/h9-10,12,15H,3-8,11,13-14H2,1-2H3. The van der Waals surface area contributed by atoms with Crippen LogP contribution in [0.1, 0.15) is 47.9 Å². The molecule has 0 N–H and O–H groups in total. The molecule has 2 heterocycles. The SMILES string of the molecule is CCOC(=O)C1CCCN(C(=O)CN(C)C(=O)c2nn(-c3ccc(F)c(F)c3)c3c2CCC3)C1. The van der Waals surface area contributed by atoms with Crippen LogP contribution >= 0.6 is 0 Å². The average molecular weight is 475 g/mol. The molecule has 2 aliphatic rings. The Labute approximate surface area is 196 Å². The van der Waals surface area contributed by atoms with Crippen LogP contribution in [0.3, 0.4) is 0 Å². The molecule has 10 heteroatoms. The number of hydrogen-bond donors (Lipinski definition) is 0. The summed E-state index contributed by atoms with van der Waals surface area (Å²) in [5, 5.41) is 4.42. The zero-order valence-corrected chi connectivity index (χ0v) is 19.4. The molecule has 0 saturated carbocycles. The number of esters is 1. The number of nitrogens with zero attached hydrogens (tertiary/aromatic N) is 4. The summed E-state index contributed by atoms with van der Waals surface area (Å²) in [4.78, 5) is 41.1. The fraction of sp³-hybridized carbons (Fsp3) is 0.500. The Bertz CT molecular complexity index is 1120. The van der Waals surface area contributed by atoms with Crippen LogP contribution in [0.15, 0.2) is 18.2 Å². The molecule has 1 fully saturated rings. The Morgan fingerprint density at radius 2 is 1.97 bits per heavy atom. The molecule has 34 heavy (non-hydrogen) atoms. The van der Waals surface area contributed by atoms with E-state index in [1.165, 1.54) is 22.7 Å². The second kappa shape index (κ2) is 9.90. The molecule has 0 radical (unpaired) electrons. The van der Waals surface area contributed by atoms with Crippen LogP contribution in [-0.2, 0) is 27.2 Å². The van der Waals surface area contributed by atoms with Crippen molar-refractivity contribution in [2.75, 3.05) is 33.3 Å². The molecule has 4 rings (SSSR count). The van der Waals surface area contributed by atoms with E-state index >= 15 is 0 Å². The fourth-order valence-corrected chi connectivity index (χ4v) is 4.65. The first kappa shape index (κ1) is 23.8. The van der Waals surface area contributed by atoms with Gasteiger partial charge in [-0.15, -0.1) is 0 Å². The number of likely N-dealkylation sites (tertiary alicyclic amines) is 1. The van der Waals surface area contributed by atoms with Gasteiger partial charge in [-0.3, -0.25) is 14.4 Å². The second-order valence-corrected chi connectivity index (χ2v) is 8.73. The number of halogens is 2. The Balaban J connectivity index is 1.48. The lowest BCUT2D eigenvalue weighted by Crippen LogP contribution is -2.47. The van der Waals surface area contributed by atoms with Crippen LogP contribution in [0, 0.1) is 17.6 Å². The monoisotopic (exact) mass is 474 g/mol. The maximum atomic E-state index is 13.8. The molecule has 1 aliphatic carbocycles. The number of rotatable bonds is 6. The molecule has 1 aromatic heterocycles. The molecule has 0 spiro atoms. The first-order chi connectivity index (χ1) is 16.3. The number of ether oxygens (including phenoxy) is 1. The van der Waals surface area contributed by atoms with Gasteiger partial charge in [0, 0.05) is 37.5 Å². The molecular weight excluding hydrogens is 446 g/mol. The van der Waals surface area contributed by atoms with Crippen molar-refractivity contribution in [3.8, 4) is 5.69 Å². The van der Waals surface area contributed by atoms with E-state index in [2.05, 4.69) is 5.10 Å². The number of hydrogen-bond acceptors (Lipinski definition) is 5. The molecule has 1 atom stereocenters. The number of likely N-dealkylation sites (N-methyl/N-ethyl adjacent to an activating group) is 1. The molecule has 1 aliphatic heterocycles. The highest BCUT2D eigenvalue weighted by molar-refractivity contribution is 5.96. The molecule has 0 bridgehead atoms. The molecule has 182 valence electrons. The second-order valence-electron chi connectivity index (χ2n) is 8.73. The van der Waals surface area contributed by atoms with Gasteiger partial charge in [0.2, 0.25) is 5.91 Å². The minimum Gasteiger partial charge on any atom is -0.466 e. The van der Waals surface area contributed by atoms with Gasteiger partial charge in [-0.1, -0.05) is 0 Å². The highest BCUT2D eigenvalue weighted by Crippen LogP contribution is 2.29. The van der Waals surface area contributed by atoms with Crippen molar-refractivity contribution in [1.29, 1.82) is 0 Å². The van der Waals surface area contributed by atoms with Gasteiger partial charge in [-0.05, 0) is 51.2 Å². The summed E-state index contributed by atoms with van der Waals surface area (Å²) in [7, 11) is 1.53. The molecule has 1 aromatic carbocycles. The summed E-state index contributed by atoms with van der Waals surface area (Å²) in [6, 6.07) is 3.50. The van der Waals surface area contributed by atoms with Crippen molar-refractivity contribution in [2.45, 2.75) is 39.0 Å². The van der Waals surface area contributed by atoms with Crippen LogP contribution in [0.4, 0.5) is 8.78 Å². The minimum absolute atomic E-state index is 0.152. The van der Waals surface area contributed by atoms with Gasteiger partial charge in [0.15, 0.2) is 17.3 Å². The highest BCUT2D eigenvalue weighted by atomic mass is 19.2. The smallest absolute Gasteiger partial charge is 0.310 e.